The van der Waals surface area contributed by atoms with Crippen LogP contribution in [0.1, 0.15) is 52.9 Å². The number of nitrogens with zero attached hydrogens (tertiary/aromatic N) is 1. The molecule has 0 aromatic carbocycles. The molecule has 4 heteroatoms. The summed E-state index contributed by atoms with van der Waals surface area (Å²) in [5.74, 6) is -0.971. The van der Waals surface area contributed by atoms with Gasteiger partial charge in [-0.3, -0.25) is 4.79 Å². The van der Waals surface area contributed by atoms with E-state index in [0.717, 1.165) is 25.7 Å². The molecule has 1 unspecified atom stereocenters. The van der Waals surface area contributed by atoms with Gasteiger partial charge >= 0.3 is 5.97 Å². The summed E-state index contributed by atoms with van der Waals surface area (Å²) in [6.45, 7) is 5.88. The number of carboxylic acid groups (broad SMARTS) is 1. The second kappa shape index (κ2) is 8.09. The van der Waals surface area contributed by atoms with E-state index in [1.54, 1.807) is 14.0 Å². The predicted molar refractivity (Wildman–Crippen MR) is 67.8 cm³/mol. The minimum atomic E-state index is -0.921. The number of likely N-dealkylation sites (N-methyl/N-ethyl adjacent to an activating group) is 1. The number of aliphatic carboxylic acids is 1. The summed E-state index contributed by atoms with van der Waals surface area (Å²) in [5.41, 5.74) is 0. The Labute approximate surface area is 104 Å². The number of hydrogen-bond donors (Lipinski definition) is 1. The van der Waals surface area contributed by atoms with Crippen LogP contribution in [0.25, 0.3) is 0 Å². The predicted octanol–water partition coefficient (Wildman–Crippen LogP) is 2.52. The van der Waals surface area contributed by atoms with Gasteiger partial charge in [0, 0.05) is 13.0 Å². The molecule has 0 fully saturated rings. The smallest absolute Gasteiger partial charge is 0.326 e. The van der Waals surface area contributed by atoms with E-state index in [0.29, 0.717) is 6.42 Å². The molecule has 0 bridgehead atoms. The maximum Gasteiger partial charge on any atom is 0.326 e. The molecule has 0 aliphatic rings. The zero-order valence-electron chi connectivity index (χ0n) is 11.4. The summed E-state index contributed by atoms with van der Waals surface area (Å²) in [6.07, 6.45) is 4.03. The first-order valence-corrected chi connectivity index (χ1v) is 6.48. The van der Waals surface area contributed by atoms with Gasteiger partial charge < -0.3 is 10.0 Å². The Kier molecular flexibility index (Phi) is 7.59. The summed E-state index contributed by atoms with van der Waals surface area (Å²) >= 11 is 0. The molecule has 0 radical (unpaired) electrons. The van der Waals surface area contributed by atoms with Crippen molar-refractivity contribution in [2.24, 2.45) is 5.92 Å². The molecule has 0 heterocycles. The van der Waals surface area contributed by atoms with Crippen LogP contribution in [-0.2, 0) is 9.59 Å². The molecule has 1 amide bonds. The Morgan fingerprint density at radius 3 is 1.88 bits per heavy atom. The molecule has 1 atom stereocenters. The molecule has 0 rings (SSSR count). The van der Waals surface area contributed by atoms with Crippen LogP contribution in [0, 0.1) is 5.92 Å². The van der Waals surface area contributed by atoms with Crippen LogP contribution in [0.15, 0.2) is 0 Å². The van der Waals surface area contributed by atoms with Crippen molar-refractivity contribution in [1.82, 2.24) is 4.90 Å². The van der Waals surface area contributed by atoms with Crippen LogP contribution in [-0.4, -0.2) is 35.0 Å². The highest BCUT2D eigenvalue weighted by Gasteiger charge is 2.28. The molecule has 100 valence electrons. The Morgan fingerprint density at radius 2 is 1.59 bits per heavy atom. The SMILES string of the molecule is CCCC(CCC)C(=O)N(C)C(CC)C(=O)O. The van der Waals surface area contributed by atoms with E-state index in [-0.39, 0.29) is 11.8 Å². The lowest BCUT2D eigenvalue weighted by molar-refractivity contribution is -0.151. The number of hydrogen-bond acceptors (Lipinski definition) is 2. The van der Waals surface area contributed by atoms with Crippen molar-refractivity contribution in [3.05, 3.63) is 0 Å². The van der Waals surface area contributed by atoms with Gasteiger partial charge in [0.2, 0.25) is 5.91 Å². The summed E-state index contributed by atoms with van der Waals surface area (Å²) in [4.78, 5) is 24.6. The van der Waals surface area contributed by atoms with Crippen molar-refractivity contribution in [2.45, 2.75) is 58.9 Å². The normalized spacial score (nSPS) is 12.5. The number of carboxylic acids is 1. The highest BCUT2D eigenvalue weighted by atomic mass is 16.4. The first kappa shape index (κ1) is 15.9. The largest absolute Gasteiger partial charge is 0.480 e. The number of rotatable bonds is 8. The Morgan fingerprint density at radius 1 is 1.12 bits per heavy atom. The average molecular weight is 243 g/mol. The third-order valence-electron chi connectivity index (χ3n) is 3.11. The van der Waals surface area contributed by atoms with Crippen molar-refractivity contribution in [3.8, 4) is 0 Å². The zero-order valence-corrected chi connectivity index (χ0v) is 11.4. The minimum absolute atomic E-state index is 0.0246. The van der Waals surface area contributed by atoms with E-state index in [1.807, 2.05) is 13.8 Å². The van der Waals surface area contributed by atoms with E-state index >= 15 is 0 Å². The van der Waals surface area contributed by atoms with Gasteiger partial charge in [-0.15, -0.1) is 0 Å². The van der Waals surface area contributed by atoms with Crippen molar-refractivity contribution in [2.75, 3.05) is 7.05 Å². The number of carbonyl (C=O) groups excluding carboxylic acids is 1. The molecular formula is C13H25NO3. The molecule has 0 aliphatic carbocycles. The topological polar surface area (TPSA) is 57.6 Å². The van der Waals surface area contributed by atoms with Gasteiger partial charge in [-0.25, -0.2) is 4.79 Å². The highest BCUT2D eigenvalue weighted by molar-refractivity contribution is 5.84. The third-order valence-corrected chi connectivity index (χ3v) is 3.11. The van der Waals surface area contributed by atoms with Gasteiger partial charge in [0.25, 0.3) is 0 Å². The fraction of sp³-hybridized carbons (Fsp3) is 0.846. The van der Waals surface area contributed by atoms with E-state index < -0.39 is 12.0 Å². The second-order valence-electron chi connectivity index (χ2n) is 4.49. The molecule has 0 spiro atoms. The van der Waals surface area contributed by atoms with Gasteiger partial charge in [0.15, 0.2) is 0 Å². The van der Waals surface area contributed by atoms with Crippen molar-refractivity contribution in [3.63, 3.8) is 0 Å². The van der Waals surface area contributed by atoms with Crippen LogP contribution in [0.2, 0.25) is 0 Å². The van der Waals surface area contributed by atoms with E-state index in [4.69, 9.17) is 5.11 Å². The van der Waals surface area contributed by atoms with Crippen LogP contribution < -0.4 is 0 Å². The maximum absolute atomic E-state index is 12.2. The Bertz CT molecular complexity index is 247. The quantitative estimate of drug-likeness (QED) is 0.712. The van der Waals surface area contributed by atoms with Crippen molar-refractivity contribution in [1.29, 1.82) is 0 Å². The van der Waals surface area contributed by atoms with E-state index in [1.165, 1.54) is 4.90 Å². The van der Waals surface area contributed by atoms with Crippen LogP contribution >= 0.6 is 0 Å². The standard InChI is InChI=1S/C13H25NO3/c1-5-8-10(9-6-2)12(15)14(4)11(7-3)13(16)17/h10-11H,5-9H2,1-4H3,(H,16,17). The van der Waals surface area contributed by atoms with Gasteiger partial charge in [-0.1, -0.05) is 33.6 Å². The van der Waals surface area contributed by atoms with Crippen molar-refractivity contribution < 1.29 is 14.7 Å². The number of carbonyl (C=O) groups is 2. The first-order chi connectivity index (χ1) is 7.99. The summed E-state index contributed by atoms with van der Waals surface area (Å²) in [7, 11) is 1.60. The first-order valence-electron chi connectivity index (χ1n) is 6.48. The molecular weight excluding hydrogens is 218 g/mol. The molecule has 17 heavy (non-hydrogen) atoms. The molecule has 0 saturated carbocycles. The zero-order chi connectivity index (χ0) is 13.4. The van der Waals surface area contributed by atoms with Gasteiger partial charge in [0.05, 0.1) is 0 Å². The minimum Gasteiger partial charge on any atom is -0.480 e. The molecule has 0 aromatic heterocycles. The summed E-state index contributed by atoms with van der Waals surface area (Å²) in [5, 5.41) is 9.04. The monoisotopic (exact) mass is 243 g/mol. The van der Waals surface area contributed by atoms with Gasteiger partial charge in [0.1, 0.15) is 6.04 Å². The summed E-state index contributed by atoms with van der Waals surface area (Å²) < 4.78 is 0. The van der Waals surface area contributed by atoms with Crippen LogP contribution in [0.5, 0.6) is 0 Å². The highest BCUT2D eigenvalue weighted by Crippen LogP contribution is 2.18. The second-order valence-corrected chi connectivity index (χ2v) is 4.49. The maximum atomic E-state index is 12.2. The Balaban J connectivity index is 4.67. The fourth-order valence-electron chi connectivity index (χ4n) is 2.14. The number of amides is 1. The Hall–Kier alpha value is -1.06. The average Bonchev–Trinajstić information content (AvgIpc) is 2.28. The van der Waals surface area contributed by atoms with Crippen molar-refractivity contribution >= 4 is 11.9 Å². The molecule has 0 aromatic rings. The lowest BCUT2D eigenvalue weighted by atomic mass is 9.96. The van der Waals surface area contributed by atoms with Gasteiger partial charge in [-0.2, -0.15) is 0 Å². The third kappa shape index (κ3) is 4.75. The van der Waals surface area contributed by atoms with Crippen LogP contribution in [0.3, 0.4) is 0 Å². The summed E-state index contributed by atoms with van der Waals surface area (Å²) in [6, 6.07) is -0.696. The molecule has 0 saturated heterocycles. The fourth-order valence-corrected chi connectivity index (χ4v) is 2.14. The lowest BCUT2D eigenvalue weighted by Gasteiger charge is -2.28. The lowest BCUT2D eigenvalue weighted by Crippen LogP contribution is -2.44. The van der Waals surface area contributed by atoms with Crippen LogP contribution in [0.4, 0.5) is 0 Å². The molecule has 4 nitrogen and oxygen atoms in total. The molecule has 0 aliphatic heterocycles. The molecule has 1 N–H and O–H groups in total. The van der Waals surface area contributed by atoms with Gasteiger partial charge in [-0.05, 0) is 19.3 Å². The van der Waals surface area contributed by atoms with E-state index in [2.05, 4.69) is 0 Å². The van der Waals surface area contributed by atoms with E-state index in [9.17, 15) is 9.59 Å².